The first-order valence-electron chi connectivity index (χ1n) is 6.69. The molecular formula is C14H17NO4S. The average molecular weight is 295 g/mol. The largest absolute Gasteiger partial charge is 0.293 e. The van der Waals surface area contributed by atoms with E-state index in [1.165, 1.54) is 37.1 Å². The van der Waals surface area contributed by atoms with Gasteiger partial charge in [0.15, 0.2) is 5.78 Å². The van der Waals surface area contributed by atoms with Crippen molar-refractivity contribution in [2.24, 2.45) is 5.92 Å². The van der Waals surface area contributed by atoms with E-state index in [2.05, 4.69) is 0 Å². The van der Waals surface area contributed by atoms with Crippen molar-refractivity contribution in [3.63, 3.8) is 0 Å². The molecule has 0 aliphatic heterocycles. The maximum Gasteiger partial charge on any atom is 0.269 e. The van der Waals surface area contributed by atoms with Crippen molar-refractivity contribution >= 4 is 22.3 Å². The molecule has 1 saturated carbocycles. The van der Waals surface area contributed by atoms with Crippen LogP contribution in [0.3, 0.4) is 0 Å². The number of nitrogens with zero attached hydrogens (tertiary/aromatic N) is 1. The summed E-state index contributed by atoms with van der Waals surface area (Å²) in [6.07, 6.45) is 4.60. The molecular weight excluding hydrogens is 278 g/mol. The van der Waals surface area contributed by atoms with Crippen LogP contribution in [0.15, 0.2) is 24.3 Å². The number of benzene rings is 1. The van der Waals surface area contributed by atoms with E-state index in [4.69, 9.17) is 0 Å². The number of rotatable bonds is 6. The van der Waals surface area contributed by atoms with Gasteiger partial charge in [0.1, 0.15) is 0 Å². The van der Waals surface area contributed by atoms with E-state index in [0.29, 0.717) is 17.2 Å². The highest BCUT2D eigenvalue weighted by Crippen LogP contribution is 2.25. The maximum absolute atomic E-state index is 11.9. The molecule has 108 valence electrons. The lowest BCUT2D eigenvalue weighted by Crippen LogP contribution is -2.17. The van der Waals surface area contributed by atoms with Crippen molar-refractivity contribution in [2.45, 2.75) is 25.7 Å². The van der Waals surface area contributed by atoms with Gasteiger partial charge in [0.2, 0.25) is 0 Å². The van der Waals surface area contributed by atoms with Gasteiger partial charge in [-0.25, -0.2) is 0 Å². The lowest BCUT2D eigenvalue weighted by Gasteiger charge is -2.07. The predicted molar refractivity (Wildman–Crippen MR) is 77.3 cm³/mol. The normalized spacial score (nSPS) is 17.0. The van der Waals surface area contributed by atoms with Gasteiger partial charge in [0.25, 0.3) is 5.69 Å². The monoisotopic (exact) mass is 295 g/mol. The van der Waals surface area contributed by atoms with Gasteiger partial charge in [-0.15, -0.1) is 0 Å². The number of hydrogen-bond acceptors (Lipinski definition) is 4. The summed E-state index contributed by atoms with van der Waals surface area (Å²) >= 11 is 0. The first kappa shape index (κ1) is 14.8. The van der Waals surface area contributed by atoms with Gasteiger partial charge in [0.05, 0.1) is 10.7 Å². The molecule has 0 saturated heterocycles. The molecule has 0 amide bonds. The van der Waals surface area contributed by atoms with Gasteiger partial charge in [-0.2, -0.15) is 0 Å². The Morgan fingerprint density at radius 1 is 1.25 bits per heavy atom. The molecule has 20 heavy (non-hydrogen) atoms. The highest BCUT2D eigenvalue weighted by molar-refractivity contribution is 7.85. The molecule has 0 N–H and O–H groups in total. The summed E-state index contributed by atoms with van der Waals surface area (Å²) in [7, 11) is -1.14. The van der Waals surface area contributed by atoms with Crippen molar-refractivity contribution in [1.82, 2.24) is 0 Å². The Bertz CT molecular complexity index is 520. The third-order valence-corrected chi connectivity index (χ3v) is 5.02. The number of ketones is 1. The summed E-state index contributed by atoms with van der Waals surface area (Å²) in [6.45, 7) is 0. The Morgan fingerprint density at radius 3 is 2.40 bits per heavy atom. The van der Waals surface area contributed by atoms with Crippen LogP contribution in [0.2, 0.25) is 0 Å². The van der Waals surface area contributed by atoms with Crippen molar-refractivity contribution in [2.75, 3.05) is 11.5 Å². The number of hydrogen-bond donors (Lipinski definition) is 0. The van der Waals surface area contributed by atoms with Gasteiger partial charge < -0.3 is 0 Å². The molecule has 0 radical (unpaired) electrons. The second kappa shape index (κ2) is 6.74. The van der Waals surface area contributed by atoms with Crippen LogP contribution >= 0.6 is 0 Å². The van der Waals surface area contributed by atoms with E-state index >= 15 is 0 Å². The van der Waals surface area contributed by atoms with Gasteiger partial charge >= 0.3 is 0 Å². The van der Waals surface area contributed by atoms with Crippen LogP contribution in [-0.2, 0) is 10.8 Å². The molecule has 2 rings (SSSR count). The molecule has 1 atom stereocenters. The summed E-state index contributed by atoms with van der Waals surface area (Å²) in [5.41, 5.74) is 0.337. The quantitative estimate of drug-likeness (QED) is 0.459. The van der Waals surface area contributed by atoms with E-state index < -0.39 is 15.7 Å². The van der Waals surface area contributed by atoms with Crippen LogP contribution in [0.4, 0.5) is 5.69 Å². The zero-order chi connectivity index (χ0) is 14.5. The first-order valence-corrected chi connectivity index (χ1v) is 8.17. The summed E-state index contributed by atoms with van der Waals surface area (Å²) in [4.78, 5) is 22.0. The molecule has 1 unspecified atom stereocenters. The first-order chi connectivity index (χ1) is 9.56. The molecule has 0 spiro atoms. The zero-order valence-corrected chi connectivity index (χ0v) is 11.9. The van der Waals surface area contributed by atoms with Crippen LogP contribution in [0.25, 0.3) is 0 Å². The topological polar surface area (TPSA) is 77.3 Å². The standard InChI is InChI=1S/C14H17NO4S/c16-14(10-20(19)9-11-3-1-2-4-11)12-5-7-13(8-6-12)15(17)18/h5-8,11H,1-4,9-10H2. The van der Waals surface area contributed by atoms with Gasteiger partial charge in [0, 0.05) is 34.2 Å². The van der Waals surface area contributed by atoms with Gasteiger partial charge in [-0.05, 0) is 30.9 Å². The zero-order valence-electron chi connectivity index (χ0n) is 11.1. The summed E-state index contributed by atoms with van der Waals surface area (Å²) in [5.74, 6) is 0.879. The summed E-state index contributed by atoms with van der Waals surface area (Å²) in [6, 6.07) is 5.45. The van der Waals surface area contributed by atoms with Crippen LogP contribution in [0, 0.1) is 16.0 Å². The Balaban J connectivity index is 1.90. The predicted octanol–water partition coefficient (Wildman–Crippen LogP) is 2.72. The number of carbonyl (C=O) groups excluding carboxylic acids is 1. The van der Waals surface area contributed by atoms with Crippen LogP contribution in [0.5, 0.6) is 0 Å². The molecule has 1 aliphatic rings. The van der Waals surface area contributed by atoms with E-state index in [1.807, 2.05) is 0 Å². The molecule has 1 aromatic carbocycles. The molecule has 6 heteroatoms. The van der Waals surface area contributed by atoms with E-state index in [1.54, 1.807) is 0 Å². The third kappa shape index (κ3) is 3.96. The minimum absolute atomic E-state index is 0.00824. The Kier molecular flexibility index (Phi) is 5.00. The summed E-state index contributed by atoms with van der Waals surface area (Å²) < 4.78 is 11.9. The maximum atomic E-state index is 11.9. The minimum Gasteiger partial charge on any atom is -0.293 e. The minimum atomic E-state index is -1.14. The number of Topliss-reactive ketones (excluding diaryl/α,β-unsaturated/α-hetero) is 1. The molecule has 1 fully saturated rings. The SMILES string of the molecule is O=C(CS(=O)CC1CCCC1)c1ccc([N+](=O)[O-])cc1. The third-order valence-electron chi connectivity index (χ3n) is 3.59. The fraction of sp³-hybridized carbons (Fsp3) is 0.500. The van der Waals surface area contributed by atoms with E-state index in [0.717, 1.165) is 12.8 Å². The van der Waals surface area contributed by atoms with E-state index in [9.17, 15) is 19.1 Å². The smallest absolute Gasteiger partial charge is 0.269 e. The Morgan fingerprint density at radius 2 is 1.85 bits per heavy atom. The Hall–Kier alpha value is -1.56. The van der Waals surface area contributed by atoms with Crippen LogP contribution < -0.4 is 0 Å². The lowest BCUT2D eigenvalue weighted by atomic mass is 10.1. The highest BCUT2D eigenvalue weighted by Gasteiger charge is 2.19. The molecule has 1 aromatic rings. The molecule has 1 aliphatic carbocycles. The molecule has 0 bridgehead atoms. The van der Waals surface area contributed by atoms with Crippen molar-refractivity contribution in [1.29, 1.82) is 0 Å². The number of nitro benzene ring substituents is 1. The molecule has 0 aromatic heterocycles. The number of carbonyl (C=O) groups is 1. The molecule has 5 nitrogen and oxygen atoms in total. The van der Waals surface area contributed by atoms with Crippen LogP contribution in [0.1, 0.15) is 36.0 Å². The van der Waals surface area contributed by atoms with Gasteiger partial charge in [-0.3, -0.25) is 19.1 Å². The van der Waals surface area contributed by atoms with Crippen molar-refractivity contribution in [3.8, 4) is 0 Å². The summed E-state index contributed by atoms with van der Waals surface area (Å²) in [5, 5.41) is 10.5. The number of nitro groups is 1. The second-order valence-corrected chi connectivity index (χ2v) is 6.63. The average Bonchev–Trinajstić information content (AvgIpc) is 2.91. The number of non-ortho nitro benzene ring substituents is 1. The van der Waals surface area contributed by atoms with Crippen LogP contribution in [-0.4, -0.2) is 26.4 Å². The van der Waals surface area contributed by atoms with E-state index in [-0.39, 0.29) is 17.2 Å². The fourth-order valence-corrected chi connectivity index (χ4v) is 3.93. The van der Waals surface area contributed by atoms with Crippen molar-refractivity contribution in [3.05, 3.63) is 39.9 Å². The van der Waals surface area contributed by atoms with Crippen molar-refractivity contribution < 1.29 is 13.9 Å². The highest BCUT2D eigenvalue weighted by atomic mass is 32.2. The fourth-order valence-electron chi connectivity index (χ4n) is 2.50. The molecule has 0 heterocycles. The van der Waals surface area contributed by atoms with Gasteiger partial charge in [-0.1, -0.05) is 12.8 Å². The lowest BCUT2D eigenvalue weighted by molar-refractivity contribution is -0.384. The second-order valence-electron chi connectivity index (χ2n) is 5.13. The Labute approximate surface area is 120 Å².